The number of hydrogen-bond acceptors (Lipinski definition) is 9. The van der Waals surface area contributed by atoms with Gasteiger partial charge in [0, 0.05) is 37.7 Å². The first-order chi connectivity index (χ1) is 17.5. The van der Waals surface area contributed by atoms with Gasteiger partial charge in [0.2, 0.25) is 0 Å². The van der Waals surface area contributed by atoms with Gasteiger partial charge in [0.1, 0.15) is 12.1 Å². The number of aryl methyl sites for hydroxylation is 1. The minimum Gasteiger partial charge on any atom is -0.370 e. The van der Waals surface area contributed by atoms with E-state index in [1.807, 2.05) is 24.3 Å². The van der Waals surface area contributed by atoms with E-state index >= 15 is 0 Å². The fourth-order valence-corrected chi connectivity index (χ4v) is 3.68. The summed E-state index contributed by atoms with van der Waals surface area (Å²) in [5.41, 5.74) is 3.22. The zero-order valence-corrected chi connectivity index (χ0v) is 19.8. The number of anilines is 2. The Morgan fingerprint density at radius 3 is 2.89 bits per heavy atom. The summed E-state index contributed by atoms with van der Waals surface area (Å²) >= 11 is 0. The molecule has 0 aliphatic heterocycles. The molecule has 0 spiro atoms. The number of carbonyl (C=O) groups excluding carboxylic acids is 1. The Balaban J connectivity index is 1.28. The summed E-state index contributed by atoms with van der Waals surface area (Å²) in [6.07, 6.45) is 7.79. The van der Waals surface area contributed by atoms with Gasteiger partial charge in [0.25, 0.3) is 5.91 Å². The van der Waals surface area contributed by atoms with Gasteiger partial charge in [-0.3, -0.25) is 9.48 Å². The molecule has 1 amide bonds. The van der Waals surface area contributed by atoms with E-state index in [1.54, 1.807) is 37.8 Å². The molecule has 1 fully saturated rings. The molecule has 11 nitrogen and oxygen atoms in total. The minimum absolute atomic E-state index is 0.155. The van der Waals surface area contributed by atoms with Crippen molar-refractivity contribution in [1.82, 2.24) is 35.0 Å². The zero-order valence-electron chi connectivity index (χ0n) is 19.8. The lowest BCUT2D eigenvalue weighted by Crippen LogP contribution is -2.25. The number of aliphatic hydroxyl groups is 1. The molecule has 4 N–H and O–H groups in total. The number of carbonyl (C=O) groups is 1. The van der Waals surface area contributed by atoms with Crippen LogP contribution in [0.1, 0.15) is 40.9 Å². The maximum Gasteiger partial charge on any atom is 0.274 e. The molecule has 5 rings (SSSR count). The number of aromatic nitrogens is 6. The number of nitrogens with one attached hydrogen (secondary N) is 3. The Labute approximate surface area is 208 Å². The average Bonchev–Trinajstić information content (AvgIpc) is 3.67. The standard InChI is InChI=1S/C25H27N9O2/c1-34-14-21(23(33-34)25(36)29-13-18-8-9-26-15-30-18)32-24(35)20-4-2-3-19(31-20)17-7-10-27-22(11-17)28-12-16-5-6-16/h2-4,7-11,14-16,24,32,35H,5-6,12-13H2,1H3,(H,27,28)(H,29,36). The van der Waals surface area contributed by atoms with Crippen LogP contribution < -0.4 is 16.0 Å². The van der Waals surface area contributed by atoms with Crippen LogP contribution in [-0.2, 0) is 13.6 Å². The highest BCUT2D eigenvalue weighted by Gasteiger charge is 2.21. The summed E-state index contributed by atoms with van der Waals surface area (Å²) in [7, 11) is 1.70. The van der Waals surface area contributed by atoms with Gasteiger partial charge in [0.05, 0.1) is 29.3 Å². The molecule has 0 bridgehead atoms. The van der Waals surface area contributed by atoms with Gasteiger partial charge >= 0.3 is 0 Å². The monoisotopic (exact) mass is 485 g/mol. The highest BCUT2D eigenvalue weighted by Crippen LogP contribution is 2.29. The van der Waals surface area contributed by atoms with Crippen molar-refractivity contribution in [2.45, 2.75) is 25.6 Å². The summed E-state index contributed by atoms with van der Waals surface area (Å²) in [6.45, 7) is 1.15. The summed E-state index contributed by atoms with van der Waals surface area (Å²) in [5, 5.41) is 24.2. The van der Waals surface area contributed by atoms with Crippen LogP contribution >= 0.6 is 0 Å². The second-order valence-electron chi connectivity index (χ2n) is 8.70. The molecule has 36 heavy (non-hydrogen) atoms. The van der Waals surface area contributed by atoms with Crippen molar-refractivity contribution in [2.24, 2.45) is 13.0 Å². The third kappa shape index (κ3) is 5.81. The van der Waals surface area contributed by atoms with Crippen LogP contribution in [-0.4, -0.2) is 47.3 Å². The van der Waals surface area contributed by atoms with Gasteiger partial charge < -0.3 is 21.1 Å². The van der Waals surface area contributed by atoms with Crippen LogP contribution in [0, 0.1) is 5.92 Å². The third-order valence-electron chi connectivity index (χ3n) is 5.78. The molecule has 4 aromatic heterocycles. The summed E-state index contributed by atoms with van der Waals surface area (Å²) in [6, 6.07) is 11.0. The first-order valence-corrected chi connectivity index (χ1v) is 11.7. The zero-order chi connectivity index (χ0) is 24.9. The van der Waals surface area contributed by atoms with Crippen molar-refractivity contribution >= 4 is 17.4 Å². The van der Waals surface area contributed by atoms with Gasteiger partial charge in [-0.25, -0.2) is 19.9 Å². The maximum atomic E-state index is 12.8. The van der Waals surface area contributed by atoms with Gasteiger partial charge in [-0.05, 0) is 49.1 Å². The van der Waals surface area contributed by atoms with E-state index in [4.69, 9.17) is 0 Å². The Bertz CT molecular complexity index is 1340. The molecular weight excluding hydrogens is 458 g/mol. The Hall–Kier alpha value is -4.38. The van der Waals surface area contributed by atoms with Crippen LogP contribution in [0.25, 0.3) is 11.3 Å². The lowest BCUT2D eigenvalue weighted by molar-refractivity contribution is 0.0945. The van der Waals surface area contributed by atoms with Crippen molar-refractivity contribution in [2.75, 3.05) is 17.2 Å². The van der Waals surface area contributed by atoms with E-state index < -0.39 is 12.1 Å². The molecule has 4 heterocycles. The molecule has 4 aromatic rings. The van der Waals surface area contributed by atoms with Crippen LogP contribution in [0.3, 0.4) is 0 Å². The van der Waals surface area contributed by atoms with Crippen molar-refractivity contribution in [3.8, 4) is 11.3 Å². The van der Waals surface area contributed by atoms with Gasteiger partial charge in [-0.15, -0.1) is 0 Å². The predicted octanol–water partition coefficient (Wildman–Crippen LogP) is 2.52. The first kappa shape index (κ1) is 23.4. The molecule has 1 atom stereocenters. The smallest absolute Gasteiger partial charge is 0.274 e. The lowest BCUT2D eigenvalue weighted by atomic mass is 10.1. The van der Waals surface area contributed by atoms with Crippen LogP contribution in [0.4, 0.5) is 11.5 Å². The second-order valence-corrected chi connectivity index (χ2v) is 8.70. The van der Waals surface area contributed by atoms with Crippen molar-refractivity contribution in [3.05, 3.63) is 78.4 Å². The summed E-state index contributed by atoms with van der Waals surface area (Å²) in [5.74, 6) is 1.15. The van der Waals surface area contributed by atoms with E-state index in [0.717, 1.165) is 23.8 Å². The topological polar surface area (TPSA) is 143 Å². The second kappa shape index (κ2) is 10.5. The molecular formula is C25H27N9O2. The van der Waals surface area contributed by atoms with E-state index in [2.05, 4.69) is 41.0 Å². The minimum atomic E-state index is -1.16. The lowest BCUT2D eigenvalue weighted by Gasteiger charge is -2.15. The molecule has 0 saturated heterocycles. The molecule has 0 radical (unpaired) electrons. The van der Waals surface area contributed by atoms with Gasteiger partial charge in [0.15, 0.2) is 11.9 Å². The van der Waals surface area contributed by atoms with Crippen molar-refractivity contribution in [3.63, 3.8) is 0 Å². The fraction of sp³-hybridized carbons (Fsp3) is 0.280. The summed E-state index contributed by atoms with van der Waals surface area (Å²) < 4.78 is 1.51. The Kier molecular flexibility index (Phi) is 6.80. The molecule has 1 saturated carbocycles. The number of hydrogen-bond donors (Lipinski definition) is 4. The first-order valence-electron chi connectivity index (χ1n) is 11.7. The number of aliphatic hydroxyl groups excluding tert-OH is 1. The molecule has 1 aliphatic rings. The number of amides is 1. The number of nitrogens with zero attached hydrogens (tertiary/aromatic N) is 6. The highest BCUT2D eigenvalue weighted by molar-refractivity contribution is 5.97. The fourth-order valence-electron chi connectivity index (χ4n) is 3.68. The molecule has 0 aromatic carbocycles. The van der Waals surface area contributed by atoms with Gasteiger partial charge in [-0.1, -0.05) is 6.07 Å². The highest BCUT2D eigenvalue weighted by atomic mass is 16.3. The molecule has 1 aliphatic carbocycles. The van der Waals surface area contributed by atoms with Crippen LogP contribution in [0.15, 0.2) is 61.3 Å². The van der Waals surface area contributed by atoms with Crippen LogP contribution in [0.2, 0.25) is 0 Å². The SMILES string of the molecule is Cn1cc(NC(O)c2cccc(-c3ccnc(NCC4CC4)c3)n2)c(C(=O)NCc2ccncn2)n1. The van der Waals surface area contributed by atoms with E-state index in [-0.39, 0.29) is 12.2 Å². The largest absolute Gasteiger partial charge is 0.370 e. The van der Waals surface area contributed by atoms with E-state index in [0.29, 0.717) is 22.8 Å². The average molecular weight is 486 g/mol. The van der Waals surface area contributed by atoms with Crippen LogP contribution in [0.5, 0.6) is 0 Å². The van der Waals surface area contributed by atoms with E-state index in [9.17, 15) is 9.90 Å². The molecule has 1 unspecified atom stereocenters. The van der Waals surface area contributed by atoms with E-state index in [1.165, 1.54) is 23.9 Å². The Morgan fingerprint density at radius 2 is 2.08 bits per heavy atom. The number of rotatable bonds is 10. The normalized spacial score (nSPS) is 13.7. The van der Waals surface area contributed by atoms with Crippen molar-refractivity contribution in [1.29, 1.82) is 0 Å². The molecule has 184 valence electrons. The Morgan fingerprint density at radius 1 is 1.19 bits per heavy atom. The van der Waals surface area contributed by atoms with Crippen molar-refractivity contribution < 1.29 is 9.90 Å². The maximum absolute atomic E-state index is 12.8. The molecule has 11 heteroatoms. The quantitative estimate of drug-likeness (QED) is 0.249. The van der Waals surface area contributed by atoms with Gasteiger partial charge in [-0.2, -0.15) is 5.10 Å². The predicted molar refractivity (Wildman–Crippen MR) is 134 cm³/mol. The summed E-state index contributed by atoms with van der Waals surface area (Å²) in [4.78, 5) is 29.7. The number of pyridine rings is 2. The third-order valence-corrected chi connectivity index (χ3v) is 5.78.